The summed E-state index contributed by atoms with van der Waals surface area (Å²) in [4.78, 5) is 21.7. The molecule has 0 aliphatic heterocycles. The summed E-state index contributed by atoms with van der Waals surface area (Å²) in [6.07, 6.45) is 5.78. The Labute approximate surface area is 228 Å². The zero-order valence-electron chi connectivity index (χ0n) is 21.6. The smallest absolute Gasteiger partial charge is 0.273 e. The molecule has 0 spiro atoms. The molecule has 2 aromatic carbocycles. The van der Waals surface area contributed by atoms with Gasteiger partial charge in [0.2, 0.25) is 5.78 Å². The van der Waals surface area contributed by atoms with Gasteiger partial charge in [-0.25, -0.2) is 18.7 Å². The molecule has 0 saturated carbocycles. The van der Waals surface area contributed by atoms with E-state index in [0.717, 1.165) is 17.3 Å². The monoisotopic (exact) mass is 532 g/mol. The van der Waals surface area contributed by atoms with E-state index in [2.05, 4.69) is 21.8 Å². The SMILES string of the molecule is CCC(F)(F)c1cc(C(=N)C(=O)c2ccc(C)c(C#Cc3cnc4ccccn34)c2)cc(-n2cnc(C#N)c2)c1. The van der Waals surface area contributed by atoms with E-state index >= 15 is 0 Å². The second-order valence-electron chi connectivity index (χ2n) is 9.16. The number of Topliss-reactive ketones (excluding diaryl/α,β-unsaturated/α-hetero) is 1. The van der Waals surface area contributed by atoms with Crippen molar-refractivity contribution in [1.29, 1.82) is 10.7 Å². The van der Waals surface area contributed by atoms with Crippen LogP contribution in [-0.2, 0) is 5.92 Å². The maximum atomic E-state index is 14.8. The Bertz CT molecular complexity index is 1900. The van der Waals surface area contributed by atoms with Gasteiger partial charge in [-0.2, -0.15) is 5.26 Å². The first kappa shape index (κ1) is 26.2. The van der Waals surface area contributed by atoms with E-state index in [1.165, 1.54) is 36.1 Å². The van der Waals surface area contributed by atoms with Crippen LogP contribution in [0.15, 0.2) is 79.5 Å². The second kappa shape index (κ2) is 10.4. The molecule has 9 heteroatoms. The van der Waals surface area contributed by atoms with Gasteiger partial charge in [-0.1, -0.05) is 31.0 Å². The summed E-state index contributed by atoms with van der Waals surface area (Å²) in [6.45, 7) is 3.22. The van der Waals surface area contributed by atoms with Gasteiger partial charge in [0.15, 0.2) is 5.69 Å². The summed E-state index contributed by atoms with van der Waals surface area (Å²) >= 11 is 0. The molecular formula is C31H22F2N6O. The molecular weight excluding hydrogens is 510 g/mol. The van der Waals surface area contributed by atoms with Crippen LogP contribution >= 0.6 is 0 Å². The number of aromatic nitrogens is 4. The number of carbonyl (C=O) groups is 1. The number of imidazole rings is 2. The molecule has 0 atom stereocenters. The molecule has 7 nitrogen and oxygen atoms in total. The number of pyridine rings is 1. The Morgan fingerprint density at radius 1 is 1.07 bits per heavy atom. The van der Waals surface area contributed by atoms with Crippen LogP contribution in [-0.4, -0.2) is 30.4 Å². The standard InChI is InChI=1S/C31H22F2N6O/c1-3-31(32,33)24-13-23(14-27(15-24)38-18-25(16-34)37-19-38)29(35)30(40)22-8-7-20(2)21(12-22)9-10-26-17-36-28-6-4-5-11-39(26)28/h4-8,11-15,17-19,35H,3H2,1-2H3. The minimum absolute atomic E-state index is 0.0248. The van der Waals surface area contributed by atoms with Crippen LogP contribution in [0.5, 0.6) is 0 Å². The number of hydrogen-bond acceptors (Lipinski definition) is 5. The van der Waals surface area contributed by atoms with E-state index in [4.69, 9.17) is 10.7 Å². The van der Waals surface area contributed by atoms with E-state index in [-0.39, 0.29) is 28.1 Å². The molecule has 40 heavy (non-hydrogen) atoms. The molecule has 0 aliphatic carbocycles. The van der Waals surface area contributed by atoms with E-state index in [1.807, 2.05) is 41.8 Å². The van der Waals surface area contributed by atoms with E-state index in [0.29, 0.717) is 11.3 Å². The molecule has 0 fully saturated rings. The Hall–Kier alpha value is -5.41. The van der Waals surface area contributed by atoms with Gasteiger partial charge >= 0.3 is 0 Å². The molecule has 5 rings (SSSR count). The van der Waals surface area contributed by atoms with Crippen molar-refractivity contribution in [3.63, 3.8) is 0 Å². The molecule has 0 unspecified atom stereocenters. The fourth-order valence-electron chi connectivity index (χ4n) is 4.17. The number of benzene rings is 2. The summed E-state index contributed by atoms with van der Waals surface area (Å²) in [7, 11) is 0. The number of carbonyl (C=O) groups excluding carboxylic acids is 1. The zero-order valence-corrected chi connectivity index (χ0v) is 21.6. The Kier molecular flexibility index (Phi) is 6.81. The van der Waals surface area contributed by atoms with Gasteiger partial charge in [0.1, 0.15) is 29.4 Å². The van der Waals surface area contributed by atoms with Crippen molar-refractivity contribution in [2.24, 2.45) is 0 Å². The van der Waals surface area contributed by atoms with Crippen molar-refractivity contribution < 1.29 is 13.6 Å². The van der Waals surface area contributed by atoms with Crippen LogP contribution in [0.4, 0.5) is 8.78 Å². The molecule has 0 radical (unpaired) electrons. The fourth-order valence-corrected chi connectivity index (χ4v) is 4.17. The van der Waals surface area contributed by atoms with E-state index in [9.17, 15) is 13.6 Å². The van der Waals surface area contributed by atoms with Gasteiger partial charge in [0.25, 0.3) is 5.92 Å². The third-order valence-electron chi connectivity index (χ3n) is 6.54. The minimum atomic E-state index is -3.18. The Balaban J connectivity index is 1.51. The highest BCUT2D eigenvalue weighted by molar-refractivity contribution is 6.50. The number of alkyl halides is 2. The summed E-state index contributed by atoms with van der Waals surface area (Å²) in [6, 6.07) is 16.3. The zero-order chi connectivity index (χ0) is 28.4. The third-order valence-corrected chi connectivity index (χ3v) is 6.54. The number of fused-ring (bicyclic) bond motifs is 1. The number of nitrogens with zero attached hydrogens (tertiary/aromatic N) is 5. The molecule has 3 heterocycles. The van der Waals surface area contributed by atoms with Gasteiger partial charge in [-0.15, -0.1) is 0 Å². The minimum Gasteiger partial charge on any atom is -0.305 e. The molecule has 1 N–H and O–H groups in total. The number of hydrogen-bond donors (Lipinski definition) is 1. The number of aryl methyl sites for hydroxylation is 1. The van der Waals surface area contributed by atoms with Crippen molar-refractivity contribution >= 4 is 17.1 Å². The van der Waals surface area contributed by atoms with Crippen LogP contribution < -0.4 is 0 Å². The number of rotatable bonds is 6. The number of halogens is 2. The van der Waals surface area contributed by atoms with E-state index < -0.39 is 23.8 Å². The molecule has 0 saturated heterocycles. The van der Waals surface area contributed by atoms with Crippen LogP contribution in [0, 0.1) is 35.5 Å². The van der Waals surface area contributed by atoms with Gasteiger partial charge in [0, 0.05) is 46.8 Å². The second-order valence-corrected chi connectivity index (χ2v) is 9.16. The largest absolute Gasteiger partial charge is 0.305 e. The summed E-state index contributed by atoms with van der Waals surface area (Å²) in [5, 5.41) is 17.7. The lowest BCUT2D eigenvalue weighted by atomic mass is 9.94. The maximum Gasteiger partial charge on any atom is 0.273 e. The third kappa shape index (κ3) is 5.01. The normalized spacial score (nSPS) is 11.1. The number of ketones is 1. The first-order valence-corrected chi connectivity index (χ1v) is 12.4. The quantitative estimate of drug-likeness (QED) is 0.168. The van der Waals surface area contributed by atoms with Gasteiger partial charge in [-0.05, 0) is 54.8 Å². The lowest BCUT2D eigenvalue weighted by Gasteiger charge is -2.18. The summed E-state index contributed by atoms with van der Waals surface area (Å²) < 4.78 is 32.8. The van der Waals surface area contributed by atoms with Crippen LogP contribution in [0.3, 0.4) is 0 Å². The topological polar surface area (TPSA) is 99.8 Å². The Morgan fingerprint density at radius 3 is 2.65 bits per heavy atom. The average molecular weight is 533 g/mol. The predicted molar refractivity (Wildman–Crippen MR) is 146 cm³/mol. The van der Waals surface area contributed by atoms with Crippen molar-refractivity contribution in [2.45, 2.75) is 26.2 Å². The fraction of sp³-hybridized carbons (Fsp3) is 0.129. The number of nitrogens with one attached hydrogen (secondary N) is 1. The van der Waals surface area contributed by atoms with Crippen molar-refractivity contribution in [1.82, 2.24) is 18.9 Å². The lowest BCUT2D eigenvalue weighted by Crippen LogP contribution is -2.18. The summed E-state index contributed by atoms with van der Waals surface area (Å²) in [5.41, 5.74) is 2.70. The number of nitriles is 1. The van der Waals surface area contributed by atoms with Gasteiger partial charge in [-0.3, -0.25) is 14.6 Å². The van der Waals surface area contributed by atoms with E-state index in [1.54, 1.807) is 24.4 Å². The van der Waals surface area contributed by atoms with Crippen LogP contribution in [0.2, 0.25) is 0 Å². The lowest BCUT2D eigenvalue weighted by molar-refractivity contribution is -0.00831. The molecule has 0 amide bonds. The average Bonchev–Trinajstić information content (AvgIpc) is 3.63. The molecule has 3 aromatic heterocycles. The highest BCUT2D eigenvalue weighted by atomic mass is 19.3. The van der Waals surface area contributed by atoms with Crippen LogP contribution in [0.1, 0.15) is 57.3 Å². The van der Waals surface area contributed by atoms with Crippen molar-refractivity contribution in [3.05, 3.63) is 119 Å². The van der Waals surface area contributed by atoms with Crippen LogP contribution in [0.25, 0.3) is 11.3 Å². The molecule has 196 valence electrons. The first-order chi connectivity index (χ1) is 19.2. The first-order valence-electron chi connectivity index (χ1n) is 12.4. The van der Waals surface area contributed by atoms with Gasteiger partial charge < -0.3 is 4.57 Å². The highest BCUT2D eigenvalue weighted by Gasteiger charge is 2.31. The summed E-state index contributed by atoms with van der Waals surface area (Å²) in [5.74, 6) is 2.35. The van der Waals surface area contributed by atoms with Gasteiger partial charge in [0.05, 0.1) is 6.20 Å². The van der Waals surface area contributed by atoms with Crippen molar-refractivity contribution in [2.75, 3.05) is 0 Å². The predicted octanol–water partition coefficient (Wildman–Crippen LogP) is 5.85. The molecule has 0 bridgehead atoms. The molecule has 5 aromatic rings. The Morgan fingerprint density at radius 2 is 1.90 bits per heavy atom. The van der Waals surface area contributed by atoms with Crippen molar-refractivity contribution in [3.8, 4) is 23.6 Å². The maximum absolute atomic E-state index is 14.8. The highest BCUT2D eigenvalue weighted by Crippen LogP contribution is 2.33. The molecule has 0 aliphatic rings.